The van der Waals surface area contributed by atoms with Crippen LogP contribution in [-0.2, 0) is 4.79 Å². The molecule has 1 aliphatic rings. The van der Waals surface area contributed by atoms with Gasteiger partial charge in [-0.15, -0.1) is 0 Å². The maximum absolute atomic E-state index is 11.2. The van der Waals surface area contributed by atoms with Crippen molar-refractivity contribution in [3.8, 4) is 0 Å². The summed E-state index contributed by atoms with van der Waals surface area (Å²) in [6.45, 7) is 4.13. The molecule has 4 nitrogen and oxygen atoms in total. The van der Waals surface area contributed by atoms with Crippen LogP contribution in [0.2, 0.25) is 0 Å². The number of aliphatic hydroxyl groups excluding tert-OH is 1. The van der Waals surface area contributed by atoms with Gasteiger partial charge in [-0.2, -0.15) is 0 Å². The van der Waals surface area contributed by atoms with Crippen LogP contribution in [0.3, 0.4) is 0 Å². The third-order valence-electron chi connectivity index (χ3n) is 2.78. The zero-order valence-corrected chi connectivity index (χ0v) is 9.46. The molecule has 0 aliphatic heterocycles. The second-order valence-corrected chi connectivity index (χ2v) is 4.33. The van der Waals surface area contributed by atoms with Crippen molar-refractivity contribution in [3.05, 3.63) is 0 Å². The topological polar surface area (TPSA) is 61.4 Å². The summed E-state index contributed by atoms with van der Waals surface area (Å²) in [6, 6.07) is 0. The lowest BCUT2D eigenvalue weighted by molar-refractivity contribution is -0.120. The molecule has 0 atom stereocenters. The molecule has 0 radical (unpaired) electrons. The Morgan fingerprint density at radius 2 is 2.20 bits per heavy atom. The molecule has 0 bridgehead atoms. The first-order valence-corrected chi connectivity index (χ1v) is 5.87. The van der Waals surface area contributed by atoms with Crippen LogP contribution in [0.25, 0.3) is 0 Å². The summed E-state index contributed by atoms with van der Waals surface area (Å²) >= 11 is 0. The number of carbonyl (C=O) groups excluding carboxylic acids is 1. The van der Waals surface area contributed by atoms with Gasteiger partial charge >= 0.3 is 0 Å². The Morgan fingerprint density at radius 3 is 2.80 bits per heavy atom. The molecule has 1 fully saturated rings. The predicted octanol–water partition coefficient (Wildman–Crippen LogP) is 0.263. The van der Waals surface area contributed by atoms with Crippen molar-refractivity contribution >= 4 is 5.91 Å². The van der Waals surface area contributed by atoms with Crippen molar-refractivity contribution < 1.29 is 9.90 Å². The maximum Gasteiger partial charge on any atom is 0.233 e. The van der Waals surface area contributed by atoms with Crippen LogP contribution in [0.4, 0.5) is 0 Å². The molecule has 4 heteroatoms. The summed E-state index contributed by atoms with van der Waals surface area (Å²) in [6.07, 6.45) is 3.80. The number of unbranched alkanes of at least 4 members (excludes halogenated alkanes) is 1. The van der Waals surface area contributed by atoms with Gasteiger partial charge in [0.05, 0.1) is 12.6 Å². The van der Waals surface area contributed by atoms with Gasteiger partial charge in [0.15, 0.2) is 0 Å². The Balaban J connectivity index is 1.88. The van der Waals surface area contributed by atoms with Crippen molar-refractivity contribution in [2.45, 2.75) is 38.7 Å². The Hall–Kier alpha value is -0.610. The lowest BCUT2D eigenvalue weighted by Crippen LogP contribution is -2.40. The molecular weight excluding hydrogens is 192 g/mol. The van der Waals surface area contributed by atoms with Crippen LogP contribution in [0.1, 0.15) is 32.6 Å². The van der Waals surface area contributed by atoms with Gasteiger partial charge in [-0.3, -0.25) is 4.79 Å². The highest BCUT2D eigenvalue weighted by atomic mass is 16.3. The van der Waals surface area contributed by atoms with E-state index in [0.29, 0.717) is 12.5 Å². The number of carbonyl (C=O) groups is 1. The fourth-order valence-electron chi connectivity index (χ4n) is 1.72. The standard InChI is InChI=1S/C11H22N2O2/c1-2-3-4-13-11(15)8-12-7-9-5-10(14)6-9/h9-10,12,14H,2-8H2,1H3,(H,13,15). The van der Waals surface area contributed by atoms with Gasteiger partial charge in [0.1, 0.15) is 0 Å². The van der Waals surface area contributed by atoms with Gasteiger partial charge < -0.3 is 15.7 Å². The first kappa shape index (κ1) is 12.5. The summed E-state index contributed by atoms with van der Waals surface area (Å²) < 4.78 is 0. The third-order valence-corrected chi connectivity index (χ3v) is 2.78. The number of hydrogen-bond acceptors (Lipinski definition) is 3. The number of aliphatic hydroxyl groups is 1. The molecule has 1 rings (SSSR count). The molecule has 0 spiro atoms. The molecule has 0 aromatic carbocycles. The van der Waals surface area contributed by atoms with E-state index >= 15 is 0 Å². The smallest absolute Gasteiger partial charge is 0.233 e. The largest absolute Gasteiger partial charge is 0.393 e. The van der Waals surface area contributed by atoms with E-state index in [1.807, 2.05) is 0 Å². The quantitative estimate of drug-likeness (QED) is 0.533. The van der Waals surface area contributed by atoms with Gasteiger partial charge in [-0.25, -0.2) is 0 Å². The molecule has 0 saturated heterocycles. The maximum atomic E-state index is 11.2. The second kappa shape index (κ2) is 6.80. The zero-order chi connectivity index (χ0) is 11.1. The van der Waals surface area contributed by atoms with E-state index in [0.717, 1.165) is 38.8 Å². The van der Waals surface area contributed by atoms with E-state index in [1.165, 1.54) is 0 Å². The highest BCUT2D eigenvalue weighted by molar-refractivity contribution is 5.77. The van der Waals surface area contributed by atoms with Gasteiger partial charge in [-0.05, 0) is 31.7 Å². The lowest BCUT2D eigenvalue weighted by atomic mass is 9.82. The molecule has 0 aromatic rings. The molecule has 0 aromatic heterocycles. The minimum absolute atomic E-state index is 0.0725. The number of nitrogens with one attached hydrogen (secondary N) is 2. The first-order chi connectivity index (χ1) is 7.22. The zero-order valence-electron chi connectivity index (χ0n) is 9.46. The Bertz CT molecular complexity index is 191. The molecule has 1 amide bonds. The molecule has 15 heavy (non-hydrogen) atoms. The summed E-state index contributed by atoms with van der Waals surface area (Å²) in [7, 11) is 0. The number of hydrogen-bond donors (Lipinski definition) is 3. The van der Waals surface area contributed by atoms with Crippen molar-refractivity contribution in [2.24, 2.45) is 5.92 Å². The molecule has 88 valence electrons. The highest BCUT2D eigenvalue weighted by Gasteiger charge is 2.26. The fourth-order valence-corrected chi connectivity index (χ4v) is 1.72. The van der Waals surface area contributed by atoms with Crippen LogP contribution < -0.4 is 10.6 Å². The summed E-state index contributed by atoms with van der Waals surface area (Å²) in [5.41, 5.74) is 0. The average Bonchev–Trinajstić information content (AvgIpc) is 2.15. The van der Waals surface area contributed by atoms with Crippen LogP contribution in [0.5, 0.6) is 0 Å². The van der Waals surface area contributed by atoms with Gasteiger partial charge in [0.2, 0.25) is 5.91 Å². The molecule has 0 unspecified atom stereocenters. The molecular formula is C11H22N2O2. The van der Waals surface area contributed by atoms with Gasteiger partial charge in [0, 0.05) is 6.54 Å². The highest BCUT2D eigenvalue weighted by Crippen LogP contribution is 2.25. The Morgan fingerprint density at radius 1 is 1.47 bits per heavy atom. The molecule has 3 N–H and O–H groups in total. The molecule has 1 aliphatic carbocycles. The normalized spacial score (nSPS) is 24.7. The summed E-state index contributed by atoms with van der Waals surface area (Å²) in [5.74, 6) is 0.631. The van der Waals surface area contributed by atoms with Gasteiger partial charge in [0.25, 0.3) is 0 Å². The molecule has 0 heterocycles. The lowest BCUT2D eigenvalue weighted by Gasteiger charge is -2.31. The van der Waals surface area contributed by atoms with E-state index in [4.69, 9.17) is 5.11 Å². The molecule has 1 saturated carbocycles. The minimum atomic E-state index is -0.102. The van der Waals surface area contributed by atoms with E-state index in [-0.39, 0.29) is 12.0 Å². The van der Waals surface area contributed by atoms with Crippen LogP contribution in [0, 0.1) is 5.92 Å². The summed E-state index contributed by atoms with van der Waals surface area (Å²) in [4.78, 5) is 11.2. The first-order valence-electron chi connectivity index (χ1n) is 5.87. The Kier molecular flexibility index (Phi) is 5.65. The van der Waals surface area contributed by atoms with Crippen LogP contribution in [0.15, 0.2) is 0 Å². The number of rotatable bonds is 7. The van der Waals surface area contributed by atoms with Crippen molar-refractivity contribution in [1.82, 2.24) is 10.6 Å². The van der Waals surface area contributed by atoms with E-state index in [2.05, 4.69) is 17.6 Å². The second-order valence-electron chi connectivity index (χ2n) is 4.33. The Labute approximate surface area is 91.4 Å². The predicted molar refractivity (Wildman–Crippen MR) is 59.5 cm³/mol. The van der Waals surface area contributed by atoms with Crippen LogP contribution >= 0.6 is 0 Å². The van der Waals surface area contributed by atoms with E-state index in [1.54, 1.807) is 0 Å². The SMILES string of the molecule is CCCCNC(=O)CNCC1CC(O)C1. The fraction of sp³-hybridized carbons (Fsp3) is 0.909. The third kappa shape index (κ3) is 5.14. The van der Waals surface area contributed by atoms with Crippen molar-refractivity contribution in [2.75, 3.05) is 19.6 Å². The van der Waals surface area contributed by atoms with Crippen LogP contribution in [-0.4, -0.2) is 36.8 Å². The van der Waals surface area contributed by atoms with E-state index in [9.17, 15) is 4.79 Å². The monoisotopic (exact) mass is 214 g/mol. The van der Waals surface area contributed by atoms with Gasteiger partial charge in [-0.1, -0.05) is 13.3 Å². The minimum Gasteiger partial charge on any atom is -0.393 e. The van der Waals surface area contributed by atoms with Crippen molar-refractivity contribution in [3.63, 3.8) is 0 Å². The average molecular weight is 214 g/mol. The summed E-state index contributed by atoms with van der Waals surface area (Å²) in [5, 5.41) is 15.0. The van der Waals surface area contributed by atoms with E-state index < -0.39 is 0 Å². The number of amides is 1. The van der Waals surface area contributed by atoms with Crippen molar-refractivity contribution in [1.29, 1.82) is 0 Å².